The van der Waals surface area contributed by atoms with Crippen molar-refractivity contribution in [3.05, 3.63) is 59.4 Å². The minimum atomic E-state index is -1.29. The number of carbonyl (C=O) groups is 1. The first kappa shape index (κ1) is 14.9. The molecule has 110 valence electrons. The molecule has 1 heterocycles. The van der Waals surface area contributed by atoms with Crippen LogP contribution in [0.5, 0.6) is 5.75 Å². The van der Waals surface area contributed by atoms with Crippen molar-refractivity contribution in [2.75, 3.05) is 14.2 Å². The number of carbonyl (C=O) groups excluding carboxylic acids is 1. The van der Waals surface area contributed by atoms with Crippen LogP contribution in [0.3, 0.4) is 0 Å². The molecule has 0 saturated heterocycles. The fourth-order valence-electron chi connectivity index (χ4n) is 1.95. The second-order valence-corrected chi connectivity index (χ2v) is 4.44. The molecule has 0 spiro atoms. The van der Waals surface area contributed by atoms with Crippen LogP contribution < -0.4 is 4.74 Å². The predicted molar refractivity (Wildman–Crippen MR) is 72.9 cm³/mol. The summed E-state index contributed by atoms with van der Waals surface area (Å²) in [7, 11) is 3.03. The maximum atomic E-state index is 13.6. The molecule has 1 aromatic carbocycles. The molecule has 0 atom stereocenters. The van der Waals surface area contributed by atoms with Gasteiger partial charge in [0, 0.05) is 25.4 Å². The van der Waals surface area contributed by atoms with Crippen LogP contribution in [0, 0.1) is 11.8 Å². The highest BCUT2D eigenvalue weighted by Gasteiger charge is 2.20. The Morgan fingerprint density at radius 1 is 1.29 bits per heavy atom. The molecule has 0 aliphatic carbocycles. The van der Waals surface area contributed by atoms with Gasteiger partial charge in [-0.15, -0.1) is 0 Å². The Bertz CT molecular complexity index is 662. The second kappa shape index (κ2) is 6.30. The Kier molecular flexibility index (Phi) is 4.47. The first-order valence-electron chi connectivity index (χ1n) is 6.22. The Morgan fingerprint density at radius 2 is 2.00 bits per heavy atom. The molecule has 0 saturated carbocycles. The highest BCUT2D eigenvalue weighted by atomic mass is 19.2. The molecule has 0 bridgehead atoms. The van der Waals surface area contributed by atoms with E-state index in [-0.39, 0.29) is 12.1 Å². The summed E-state index contributed by atoms with van der Waals surface area (Å²) in [5.74, 6) is -2.53. The van der Waals surface area contributed by atoms with Crippen molar-refractivity contribution >= 4 is 5.91 Å². The largest absolute Gasteiger partial charge is 0.496 e. The van der Waals surface area contributed by atoms with Crippen LogP contribution in [0.1, 0.15) is 15.9 Å². The van der Waals surface area contributed by atoms with Gasteiger partial charge < -0.3 is 9.64 Å². The first-order valence-corrected chi connectivity index (χ1v) is 6.22. The summed E-state index contributed by atoms with van der Waals surface area (Å²) in [5, 5.41) is 0. The number of benzene rings is 1. The molecular weight excluding hydrogens is 278 g/mol. The van der Waals surface area contributed by atoms with Crippen molar-refractivity contribution in [2.24, 2.45) is 0 Å². The standard InChI is InChI=1S/C15H14F2N2O2/c1-19(9-10-5-3-4-6-12(10)21-2)15(20)11-7-8-18-14(17)13(11)16/h3-8H,9H2,1-2H3. The lowest BCUT2D eigenvalue weighted by Crippen LogP contribution is -2.27. The molecule has 4 nitrogen and oxygen atoms in total. The number of ether oxygens (including phenoxy) is 1. The molecule has 1 amide bonds. The number of rotatable bonds is 4. The Hall–Kier alpha value is -2.50. The number of amides is 1. The quantitative estimate of drug-likeness (QED) is 0.814. The number of pyridine rings is 1. The highest BCUT2D eigenvalue weighted by Crippen LogP contribution is 2.20. The van der Waals surface area contributed by atoms with E-state index in [1.807, 2.05) is 12.1 Å². The van der Waals surface area contributed by atoms with Gasteiger partial charge in [-0.2, -0.15) is 4.39 Å². The van der Waals surface area contributed by atoms with Gasteiger partial charge in [0.15, 0.2) is 5.82 Å². The number of hydrogen-bond donors (Lipinski definition) is 0. The summed E-state index contributed by atoms with van der Waals surface area (Å²) in [6, 6.07) is 8.33. The van der Waals surface area contributed by atoms with Gasteiger partial charge in [-0.1, -0.05) is 18.2 Å². The van der Waals surface area contributed by atoms with Crippen molar-refractivity contribution < 1.29 is 18.3 Å². The topological polar surface area (TPSA) is 42.4 Å². The molecular formula is C15H14F2N2O2. The zero-order valence-electron chi connectivity index (χ0n) is 11.6. The zero-order valence-corrected chi connectivity index (χ0v) is 11.6. The summed E-state index contributed by atoms with van der Waals surface area (Å²) >= 11 is 0. The molecule has 0 unspecified atom stereocenters. The van der Waals surface area contributed by atoms with Gasteiger partial charge in [-0.25, -0.2) is 9.37 Å². The predicted octanol–water partition coefficient (Wildman–Crippen LogP) is 2.64. The molecule has 2 aromatic rings. The van der Waals surface area contributed by atoms with Crippen LogP contribution in [-0.2, 0) is 6.54 Å². The van der Waals surface area contributed by atoms with Gasteiger partial charge in [-0.3, -0.25) is 4.79 Å². The average molecular weight is 292 g/mol. The summed E-state index contributed by atoms with van der Waals surface area (Å²) in [6.07, 6.45) is 1.06. The third-order valence-corrected chi connectivity index (χ3v) is 3.02. The Labute approximate surface area is 121 Å². The minimum Gasteiger partial charge on any atom is -0.496 e. The van der Waals surface area contributed by atoms with Gasteiger partial charge in [0.05, 0.1) is 12.7 Å². The van der Waals surface area contributed by atoms with Crippen LogP contribution in [0.25, 0.3) is 0 Å². The fourth-order valence-corrected chi connectivity index (χ4v) is 1.95. The maximum absolute atomic E-state index is 13.6. The molecule has 0 N–H and O–H groups in total. The number of halogens is 2. The van der Waals surface area contributed by atoms with Crippen LogP contribution in [0.4, 0.5) is 8.78 Å². The van der Waals surface area contributed by atoms with Crippen LogP contribution in [-0.4, -0.2) is 29.9 Å². The van der Waals surface area contributed by atoms with Crippen LogP contribution in [0.15, 0.2) is 36.5 Å². The maximum Gasteiger partial charge on any atom is 0.257 e. The first-order chi connectivity index (χ1) is 10.0. The number of aromatic nitrogens is 1. The van der Waals surface area contributed by atoms with Gasteiger partial charge in [0.2, 0.25) is 5.95 Å². The molecule has 1 aromatic heterocycles. The summed E-state index contributed by atoms with van der Waals surface area (Å²) < 4.78 is 31.9. The molecule has 0 radical (unpaired) electrons. The molecule has 6 heteroatoms. The van der Waals surface area contributed by atoms with E-state index in [2.05, 4.69) is 4.98 Å². The van der Waals surface area contributed by atoms with Gasteiger partial charge >= 0.3 is 0 Å². The van der Waals surface area contributed by atoms with E-state index in [0.717, 1.165) is 17.8 Å². The van der Waals surface area contributed by atoms with Crippen molar-refractivity contribution in [3.63, 3.8) is 0 Å². The van der Waals surface area contributed by atoms with Gasteiger partial charge in [0.1, 0.15) is 5.75 Å². The monoisotopic (exact) mass is 292 g/mol. The summed E-state index contributed by atoms with van der Waals surface area (Å²) in [5.41, 5.74) is 0.422. The molecule has 0 aliphatic rings. The lowest BCUT2D eigenvalue weighted by atomic mass is 10.1. The summed E-state index contributed by atoms with van der Waals surface area (Å²) in [4.78, 5) is 16.6. The number of methoxy groups -OCH3 is 1. The minimum absolute atomic E-state index is 0.215. The smallest absolute Gasteiger partial charge is 0.257 e. The Morgan fingerprint density at radius 3 is 2.71 bits per heavy atom. The zero-order chi connectivity index (χ0) is 15.4. The van der Waals surface area contributed by atoms with Crippen LogP contribution >= 0.6 is 0 Å². The average Bonchev–Trinajstić information content (AvgIpc) is 2.50. The number of nitrogens with zero attached hydrogens (tertiary/aromatic N) is 2. The van der Waals surface area contributed by atoms with E-state index in [1.54, 1.807) is 12.1 Å². The summed E-state index contributed by atoms with van der Waals surface area (Å²) in [6.45, 7) is 0.215. The van der Waals surface area contributed by atoms with E-state index in [1.165, 1.54) is 19.1 Å². The normalized spacial score (nSPS) is 10.3. The highest BCUT2D eigenvalue weighted by molar-refractivity contribution is 5.94. The second-order valence-electron chi connectivity index (χ2n) is 4.44. The van der Waals surface area contributed by atoms with Crippen molar-refractivity contribution in [1.29, 1.82) is 0 Å². The molecule has 21 heavy (non-hydrogen) atoms. The lowest BCUT2D eigenvalue weighted by Gasteiger charge is -2.19. The molecule has 0 aliphatic heterocycles. The SMILES string of the molecule is COc1ccccc1CN(C)C(=O)c1ccnc(F)c1F. The Balaban J connectivity index is 2.22. The van der Waals surface area contributed by atoms with E-state index < -0.39 is 17.7 Å². The van der Waals surface area contributed by atoms with Crippen molar-refractivity contribution in [3.8, 4) is 5.75 Å². The number of para-hydroxylation sites is 1. The van der Waals surface area contributed by atoms with E-state index >= 15 is 0 Å². The van der Waals surface area contributed by atoms with E-state index in [9.17, 15) is 13.6 Å². The third kappa shape index (κ3) is 3.16. The van der Waals surface area contributed by atoms with Crippen LogP contribution in [0.2, 0.25) is 0 Å². The van der Waals surface area contributed by atoms with E-state index in [0.29, 0.717) is 5.75 Å². The van der Waals surface area contributed by atoms with E-state index in [4.69, 9.17) is 4.74 Å². The molecule has 2 rings (SSSR count). The molecule has 0 fully saturated rings. The van der Waals surface area contributed by atoms with Crippen molar-refractivity contribution in [1.82, 2.24) is 9.88 Å². The number of hydrogen-bond acceptors (Lipinski definition) is 3. The third-order valence-electron chi connectivity index (χ3n) is 3.02. The van der Waals surface area contributed by atoms with Gasteiger partial charge in [0.25, 0.3) is 5.91 Å². The fraction of sp³-hybridized carbons (Fsp3) is 0.200. The van der Waals surface area contributed by atoms with Gasteiger partial charge in [-0.05, 0) is 12.1 Å². The lowest BCUT2D eigenvalue weighted by molar-refractivity contribution is 0.0778. The van der Waals surface area contributed by atoms with Crippen molar-refractivity contribution in [2.45, 2.75) is 6.54 Å².